The lowest BCUT2D eigenvalue weighted by Crippen LogP contribution is -2.49. The van der Waals surface area contributed by atoms with E-state index in [9.17, 15) is 13.6 Å². The van der Waals surface area contributed by atoms with E-state index in [0.29, 0.717) is 39.1 Å². The van der Waals surface area contributed by atoms with Crippen molar-refractivity contribution in [2.24, 2.45) is 0 Å². The van der Waals surface area contributed by atoms with Crippen molar-refractivity contribution in [1.82, 2.24) is 15.5 Å². The number of nitrogens with zero attached hydrogens (tertiary/aromatic N) is 1. The van der Waals surface area contributed by atoms with E-state index < -0.39 is 6.43 Å². The standard InChI is InChI=1S/C11H21F2N3O2/c1-18-7-4-14-11(17)15-9-2-5-16(6-3-9)8-10(12)13/h9-10H,2-8H2,1H3,(H2,14,15,17). The van der Waals surface area contributed by atoms with Crippen molar-refractivity contribution in [1.29, 1.82) is 0 Å². The Morgan fingerprint density at radius 3 is 2.67 bits per heavy atom. The van der Waals surface area contributed by atoms with Crippen molar-refractivity contribution >= 4 is 6.03 Å². The molecule has 0 aromatic heterocycles. The first-order valence-electron chi connectivity index (χ1n) is 6.15. The van der Waals surface area contributed by atoms with E-state index in [4.69, 9.17) is 4.74 Å². The average Bonchev–Trinajstić information content (AvgIpc) is 2.31. The molecular weight excluding hydrogens is 244 g/mol. The van der Waals surface area contributed by atoms with E-state index in [1.807, 2.05) is 0 Å². The lowest BCUT2D eigenvalue weighted by Gasteiger charge is -2.31. The van der Waals surface area contributed by atoms with Crippen LogP contribution in [0, 0.1) is 0 Å². The van der Waals surface area contributed by atoms with Crippen LogP contribution in [0.4, 0.5) is 13.6 Å². The molecule has 1 aliphatic rings. The maximum atomic E-state index is 12.2. The zero-order valence-corrected chi connectivity index (χ0v) is 10.6. The van der Waals surface area contributed by atoms with Crippen LogP contribution in [0.3, 0.4) is 0 Å². The second kappa shape index (κ2) is 8.20. The van der Waals surface area contributed by atoms with Crippen molar-refractivity contribution in [3.05, 3.63) is 0 Å². The van der Waals surface area contributed by atoms with Gasteiger partial charge >= 0.3 is 6.03 Å². The van der Waals surface area contributed by atoms with Gasteiger partial charge in [0.15, 0.2) is 0 Å². The number of ether oxygens (including phenoxy) is 1. The summed E-state index contributed by atoms with van der Waals surface area (Å²) in [7, 11) is 1.57. The van der Waals surface area contributed by atoms with Gasteiger partial charge < -0.3 is 15.4 Å². The van der Waals surface area contributed by atoms with E-state index in [1.54, 1.807) is 12.0 Å². The van der Waals surface area contributed by atoms with Gasteiger partial charge in [-0.1, -0.05) is 0 Å². The zero-order valence-electron chi connectivity index (χ0n) is 10.6. The highest BCUT2D eigenvalue weighted by Gasteiger charge is 2.22. The van der Waals surface area contributed by atoms with Gasteiger partial charge in [0.25, 0.3) is 6.43 Å². The highest BCUT2D eigenvalue weighted by Crippen LogP contribution is 2.11. The second-order valence-corrected chi connectivity index (χ2v) is 4.36. The van der Waals surface area contributed by atoms with Gasteiger partial charge in [-0.2, -0.15) is 0 Å². The normalized spacial score (nSPS) is 18.0. The molecule has 0 atom stereocenters. The van der Waals surface area contributed by atoms with E-state index >= 15 is 0 Å². The molecule has 1 rings (SSSR count). The van der Waals surface area contributed by atoms with Gasteiger partial charge in [-0.05, 0) is 12.8 Å². The number of halogens is 2. The summed E-state index contributed by atoms with van der Waals surface area (Å²) >= 11 is 0. The summed E-state index contributed by atoms with van der Waals surface area (Å²) in [6.45, 7) is 1.97. The molecule has 0 aromatic carbocycles. The van der Waals surface area contributed by atoms with Crippen molar-refractivity contribution < 1.29 is 18.3 Å². The molecule has 1 aliphatic heterocycles. The summed E-state index contributed by atoms with van der Waals surface area (Å²) in [4.78, 5) is 13.2. The van der Waals surface area contributed by atoms with Crippen LogP contribution in [-0.4, -0.2) is 63.3 Å². The van der Waals surface area contributed by atoms with Crippen molar-refractivity contribution in [2.75, 3.05) is 39.9 Å². The molecule has 0 spiro atoms. The Bertz CT molecular complexity index is 246. The predicted octanol–water partition coefficient (Wildman–Crippen LogP) is 0.661. The molecule has 0 aromatic rings. The lowest BCUT2D eigenvalue weighted by molar-refractivity contribution is 0.0736. The van der Waals surface area contributed by atoms with Crippen LogP contribution in [0.15, 0.2) is 0 Å². The minimum Gasteiger partial charge on any atom is -0.383 e. The third-order valence-corrected chi connectivity index (χ3v) is 2.91. The Kier molecular flexibility index (Phi) is 6.89. The number of likely N-dealkylation sites (tertiary alicyclic amines) is 1. The first-order valence-corrected chi connectivity index (χ1v) is 6.15. The highest BCUT2D eigenvalue weighted by molar-refractivity contribution is 5.74. The van der Waals surface area contributed by atoms with E-state index in [2.05, 4.69) is 10.6 Å². The molecule has 0 unspecified atom stereocenters. The zero-order chi connectivity index (χ0) is 13.4. The van der Waals surface area contributed by atoms with Gasteiger partial charge in [-0.15, -0.1) is 0 Å². The monoisotopic (exact) mass is 265 g/mol. The molecule has 0 aliphatic carbocycles. The Morgan fingerprint density at radius 1 is 1.44 bits per heavy atom. The minimum absolute atomic E-state index is 0.0708. The van der Waals surface area contributed by atoms with Crippen LogP contribution in [0.25, 0.3) is 0 Å². The Balaban J connectivity index is 2.13. The first kappa shape index (κ1) is 15.1. The molecule has 1 heterocycles. The Labute approximate surface area is 106 Å². The highest BCUT2D eigenvalue weighted by atomic mass is 19.3. The number of rotatable bonds is 6. The minimum atomic E-state index is -2.29. The number of methoxy groups -OCH3 is 1. The molecule has 106 valence electrons. The number of amides is 2. The molecule has 1 fully saturated rings. The second-order valence-electron chi connectivity index (χ2n) is 4.36. The number of nitrogens with one attached hydrogen (secondary N) is 2. The van der Waals surface area contributed by atoms with Gasteiger partial charge in [0.2, 0.25) is 0 Å². The van der Waals surface area contributed by atoms with Crippen LogP contribution in [-0.2, 0) is 4.74 Å². The summed E-state index contributed by atoms with van der Waals surface area (Å²) in [5.41, 5.74) is 0. The molecule has 18 heavy (non-hydrogen) atoms. The molecule has 2 amide bonds. The number of carbonyl (C=O) groups excluding carboxylic acids is 1. The smallest absolute Gasteiger partial charge is 0.315 e. The van der Waals surface area contributed by atoms with Gasteiger partial charge in [0.1, 0.15) is 0 Å². The SMILES string of the molecule is COCCNC(=O)NC1CCN(CC(F)F)CC1. The molecule has 5 nitrogen and oxygen atoms in total. The van der Waals surface area contributed by atoms with Crippen molar-refractivity contribution in [3.8, 4) is 0 Å². The molecule has 1 saturated heterocycles. The predicted molar refractivity (Wildman–Crippen MR) is 63.9 cm³/mol. The summed E-state index contributed by atoms with van der Waals surface area (Å²) in [5, 5.41) is 5.50. The Hall–Kier alpha value is -0.950. The maximum Gasteiger partial charge on any atom is 0.315 e. The summed E-state index contributed by atoms with van der Waals surface area (Å²) in [5.74, 6) is 0. The van der Waals surface area contributed by atoms with Gasteiger partial charge in [0, 0.05) is 32.8 Å². The fraction of sp³-hybridized carbons (Fsp3) is 0.909. The molecule has 0 radical (unpaired) electrons. The van der Waals surface area contributed by atoms with Crippen molar-refractivity contribution in [2.45, 2.75) is 25.3 Å². The number of hydrogen-bond donors (Lipinski definition) is 2. The van der Waals surface area contributed by atoms with Gasteiger partial charge in [-0.25, -0.2) is 13.6 Å². The third-order valence-electron chi connectivity index (χ3n) is 2.91. The molecule has 0 saturated carbocycles. The van der Waals surface area contributed by atoms with E-state index in [0.717, 1.165) is 0 Å². The number of hydrogen-bond acceptors (Lipinski definition) is 3. The van der Waals surface area contributed by atoms with E-state index in [-0.39, 0.29) is 18.6 Å². The number of alkyl halides is 2. The summed E-state index contributed by atoms with van der Waals surface area (Å²) < 4.78 is 29.1. The molecular formula is C11H21F2N3O2. The first-order chi connectivity index (χ1) is 8.61. The van der Waals surface area contributed by atoms with Crippen LogP contribution in [0.2, 0.25) is 0 Å². The number of carbonyl (C=O) groups is 1. The summed E-state index contributed by atoms with van der Waals surface area (Å²) in [6, 6.07) is -0.152. The maximum absolute atomic E-state index is 12.2. The fourth-order valence-electron chi connectivity index (χ4n) is 1.96. The number of urea groups is 1. The summed E-state index contributed by atoms with van der Waals surface area (Å²) in [6.07, 6.45) is -0.860. The molecule has 0 bridgehead atoms. The molecule has 2 N–H and O–H groups in total. The van der Waals surface area contributed by atoms with Crippen LogP contribution < -0.4 is 10.6 Å². The van der Waals surface area contributed by atoms with Gasteiger partial charge in [-0.3, -0.25) is 4.90 Å². The van der Waals surface area contributed by atoms with Crippen molar-refractivity contribution in [3.63, 3.8) is 0 Å². The van der Waals surface area contributed by atoms with E-state index in [1.165, 1.54) is 0 Å². The average molecular weight is 265 g/mol. The van der Waals surface area contributed by atoms with Crippen LogP contribution in [0.1, 0.15) is 12.8 Å². The van der Waals surface area contributed by atoms with Gasteiger partial charge in [0.05, 0.1) is 13.2 Å². The fourth-order valence-corrected chi connectivity index (χ4v) is 1.96. The number of piperidine rings is 1. The Morgan fingerprint density at radius 2 is 2.11 bits per heavy atom. The largest absolute Gasteiger partial charge is 0.383 e. The van der Waals surface area contributed by atoms with Crippen LogP contribution in [0.5, 0.6) is 0 Å². The third kappa shape index (κ3) is 6.11. The quantitative estimate of drug-likeness (QED) is 0.694. The van der Waals surface area contributed by atoms with Crippen LogP contribution >= 0.6 is 0 Å². The lowest BCUT2D eigenvalue weighted by atomic mass is 10.1. The topological polar surface area (TPSA) is 53.6 Å². The molecule has 7 heteroatoms.